The lowest BCUT2D eigenvalue weighted by atomic mass is 9.47. The van der Waals surface area contributed by atoms with Crippen LogP contribution in [-0.2, 0) is 4.74 Å². The first-order valence-corrected chi connectivity index (χ1v) is 13.7. The Morgan fingerprint density at radius 2 is 1.59 bits per heavy atom. The first-order valence-electron chi connectivity index (χ1n) is 13.7. The van der Waals surface area contributed by atoms with E-state index in [4.69, 9.17) is 4.74 Å². The molecule has 0 amide bonds. The van der Waals surface area contributed by atoms with Gasteiger partial charge in [0.05, 0.1) is 11.7 Å². The van der Waals surface area contributed by atoms with Crippen LogP contribution in [0.5, 0.6) is 0 Å². The fourth-order valence-corrected chi connectivity index (χ4v) is 8.60. The third-order valence-electron chi connectivity index (χ3n) is 10.2. The summed E-state index contributed by atoms with van der Waals surface area (Å²) in [6.07, 6.45) is 14.6. The summed E-state index contributed by atoms with van der Waals surface area (Å²) < 4.78 is 6.44. The molecule has 0 saturated heterocycles. The SMILES string of the molecule is CC(C)(C)O[C@H]1CC[C@@]2(C)C(=CC[C@@H]3[C@@H]2CC[C@]2(C)C(c4ccc5ccccc5c4)=CC[C@@H]32)C1. The highest BCUT2D eigenvalue weighted by atomic mass is 16.5. The van der Waals surface area contributed by atoms with Crippen LogP contribution in [0.3, 0.4) is 0 Å². The molecule has 2 fully saturated rings. The molecule has 2 aromatic rings. The summed E-state index contributed by atoms with van der Waals surface area (Å²) in [5.74, 6) is 2.44. The lowest BCUT2D eigenvalue weighted by Crippen LogP contribution is -2.50. The summed E-state index contributed by atoms with van der Waals surface area (Å²) in [5.41, 5.74) is 5.46. The van der Waals surface area contributed by atoms with Gasteiger partial charge in [-0.25, -0.2) is 0 Å². The third-order valence-corrected chi connectivity index (χ3v) is 10.2. The van der Waals surface area contributed by atoms with E-state index in [1.807, 2.05) is 0 Å². The van der Waals surface area contributed by atoms with E-state index in [0.29, 0.717) is 16.9 Å². The Morgan fingerprint density at radius 3 is 2.38 bits per heavy atom. The van der Waals surface area contributed by atoms with E-state index in [1.54, 1.807) is 11.1 Å². The van der Waals surface area contributed by atoms with E-state index >= 15 is 0 Å². The maximum absolute atomic E-state index is 6.44. The summed E-state index contributed by atoms with van der Waals surface area (Å²) in [6, 6.07) is 15.9. The van der Waals surface area contributed by atoms with Gasteiger partial charge in [-0.05, 0) is 122 Å². The predicted molar refractivity (Wildman–Crippen MR) is 144 cm³/mol. The molecular formula is C33H42O. The molecule has 4 aliphatic carbocycles. The van der Waals surface area contributed by atoms with Gasteiger partial charge in [-0.3, -0.25) is 0 Å². The van der Waals surface area contributed by atoms with Crippen LogP contribution in [0, 0.1) is 28.6 Å². The monoisotopic (exact) mass is 454 g/mol. The van der Waals surface area contributed by atoms with Gasteiger partial charge in [0, 0.05) is 0 Å². The molecule has 34 heavy (non-hydrogen) atoms. The van der Waals surface area contributed by atoms with E-state index < -0.39 is 0 Å². The standard InChI is InChI=1S/C33H42O/c1-31(2,3)34-26-16-18-32(4)25(21-26)12-13-27-29-15-14-28(33(29,5)19-17-30(27)32)24-11-10-22-8-6-7-9-23(22)20-24/h6-12,14,20,26-27,29-30H,13,15-19,21H2,1-5H3/t26-,27-,29-,30-,32-,33+/m0/s1. The van der Waals surface area contributed by atoms with Gasteiger partial charge < -0.3 is 4.74 Å². The molecule has 0 spiro atoms. The van der Waals surface area contributed by atoms with Crippen LogP contribution in [-0.4, -0.2) is 11.7 Å². The second-order valence-corrected chi connectivity index (χ2v) is 13.2. The molecule has 180 valence electrons. The second-order valence-electron chi connectivity index (χ2n) is 13.2. The van der Waals surface area contributed by atoms with Crippen molar-refractivity contribution in [2.75, 3.05) is 0 Å². The minimum atomic E-state index is -0.0441. The van der Waals surface area contributed by atoms with Crippen molar-refractivity contribution >= 4 is 16.3 Å². The molecular weight excluding hydrogens is 412 g/mol. The zero-order valence-corrected chi connectivity index (χ0v) is 21.9. The molecule has 2 saturated carbocycles. The zero-order chi connectivity index (χ0) is 23.7. The molecule has 0 heterocycles. The lowest BCUT2D eigenvalue weighted by molar-refractivity contribution is -0.0894. The summed E-state index contributed by atoms with van der Waals surface area (Å²) in [5, 5.41) is 2.72. The quantitative estimate of drug-likeness (QED) is 0.411. The third kappa shape index (κ3) is 3.53. The maximum Gasteiger partial charge on any atom is 0.0619 e. The van der Waals surface area contributed by atoms with Gasteiger partial charge in [0.15, 0.2) is 0 Å². The topological polar surface area (TPSA) is 9.23 Å². The van der Waals surface area contributed by atoms with Crippen molar-refractivity contribution in [3.63, 3.8) is 0 Å². The normalized spacial score (nSPS) is 37.4. The Morgan fingerprint density at radius 1 is 0.824 bits per heavy atom. The highest BCUT2D eigenvalue weighted by molar-refractivity contribution is 5.87. The number of fused-ring (bicyclic) bond motifs is 6. The summed E-state index contributed by atoms with van der Waals surface area (Å²) in [4.78, 5) is 0. The number of hydrogen-bond acceptors (Lipinski definition) is 1. The van der Waals surface area contributed by atoms with E-state index in [-0.39, 0.29) is 5.60 Å². The molecule has 4 aliphatic rings. The molecule has 1 heteroatoms. The van der Waals surface area contributed by atoms with Crippen LogP contribution in [0.15, 0.2) is 60.2 Å². The van der Waals surface area contributed by atoms with Gasteiger partial charge in [0.25, 0.3) is 0 Å². The lowest BCUT2D eigenvalue weighted by Gasteiger charge is -2.58. The van der Waals surface area contributed by atoms with Gasteiger partial charge in [-0.2, -0.15) is 0 Å². The molecule has 0 aromatic heterocycles. The Labute approximate surface area is 206 Å². The Bertz CT molecular complexity index is 1160. The molecule has 6 rings (SSSR count). The van der Waals surface area contributed by atoms with Crippen molar-refractivity contribution in [1.82, 2.24) is 0 Å². The van der Waals surface area contributed by atoms with E-state index in [2.05, 4.69) is 89.2 Å². The average molecular weight is 455 g/mol. The largest absolute Gasteiger partial charge is 0.372 e. The van der Waals surface area contributed by atoms with Gasteiger partial charge in [-0.1, -0.05) is 68.0 Å². The van der Waals surface area contributed by atoms with Crippen LogP contribution in [0.4, 0.5) is 0 Å². The zero-order valence-electron chi connectivity index (χ0n) is 21.9. The maximum atomic E-state index is 6.44. The predicted octanol–water partition coefficient (Wildman–Crippen LogP) is 8.98. The number of hydrogen-bond donors (Lipinski definition) is 0. The minimum Gasteiger partial charge on any atom is -0.372 e. The van der Waals surface area contributed by atoms with Crippen molar-refractivity contribution in [2.24, 2.45) is 28.6 Å². The van der Waals surface area contributed by atoms with Crippen LogP contribution >= 0.6 is 0 Å². The first-order chi connectivity index (χ1) is 16.2. The highest BCUT2D eigenvalue weighted by Crippen LogP contribution is 2.66. The van der Waals surface area contributed by atoms with Crippen molar-refractivity contribution in [3.8, 4) is 0 Å². The summed E-state index contributed by atoms with van der Waals surface area (Å²) >= 11 is 0. The fourth-order valence-electron chi connectivity index (χ4n) is 8.60. The molecule has 6 atom stereocenters. The van der Waals surface area contributed by atoms with Crippen molar-refractivity contribution in [3.05, 3.63) is 65.8 Å². The van der Waals surface area contributed by atoms with Gasteiger partial charge in [0.2, 0.25) is 0 Å². The van der Waals surface area contributed by atoms with Crippen molar-refractivity contribution < 1.29 is 4.74 Å². The molecule has 0 bridgehead atoms. The van der Waals surface area contributed by atoms with Gasteiger partial charge >= 0.3 is 0 Å². The van der Waals surface area contributed by atoms with Crippen LogP contribution < -0.4 is 0 Å². The second kappa shape index (κ2) is 7.82. The van der Waals surface area contributed by atoms with Gasteiger partial charge in [-0.15, -0.1) is 0 Å². The van der Waals surface area contributed by atoms with Crippen molar-refractivity contribution in [2.45, 2.75) is 91.3 Å². The van der Waals surface area contributed by atoms with Gasteiger partial charge in [0.1, 0.15) is 0 Å². The Balaban J connectivity index is 1.26. The van der Waals surface area contributed by atoms with Crippen molar-refractivity contribution in [1.29, 1.82) is 0 Å². The average Bonchev–Trinajstić information content (AvgIpc) is 3.15. The van der Waals surface area contributed by atoms with E-state index in [1.165, 1.54) is 54.9 Å². The van der Waals surface area contributed by atoms with Crippen LogP contribution in [0.2, 0.25) is 0 Å². The Hall–Kier alpha value is -1.86. The van der Waals surface area contributed by atoms with Crippen LogP contribution in [0.25, 0.3) is 16.3 Å². The number of ether oxygens (including phenoxy) is 1. The molecule has 0 N–H and O–H groups in total. The first kappa shape index (κ1) is 22.6. The molecule has 2 aromatic carbocycles. The number of rotatable bonds is 2. The van der Waals surface area contributed by atoms with E-state index in [9.17, 15) is 0 Å². The molecule has 1 nitrogen and oxygen atoms in total. The summed E-state index contributed by atoms with van der Waals surface area (Å²) in [6.45, 7) is 11.8. The molecule has 0 unspecified atom stereocenters. The molecule has 0 aliphatic heterocycles. The minimum absolute atomic E-state index is 0.0441. The summed E-state index contributed by atoms with van der Waals surface area (Å²) in [7, 11) is 0. The highest BCUT2D eigenvalue weighted by Gasteiger charge is 2.56. The fraction of sp³-hybridized carbons (Fsp3) is 0.576. The van der Waals surface area contributed by atoms with E-state index in [0.717, 1.165) is 24.2 Å². The molecule has 0 radical (unpaired) electrons. The Kier molecular flexibility index (Phi) is 5.20. The number of allylic oxidation sites excluding steroid dienone is 3. The van der Waals surface area contributed by atoms with Crippen LogP contribution in [0.1, 0.15) is 85.1 Å². The smallest absolute Gasteiger partial charge is 0.0619 e. The number of benzene rings is 2.